The second-order valence-corrected chi connectivity index (χ2v) is 3.51. The molecule has 0 aromatic rings. The molecule has 0 bridgehead atoms. The lowest BCUT2D eigenvalue weighted by molar-refractivity contribution is -0.146. The van der Waals surface area contributed by atoms with Crippen molar-refractivity contribution in [2.45, 2.75) is 20.0 Å². The molecule has 0 aliphatic heterocycles. The number of hydrogen-bond donors (Lipinski definition) is 3. The molecule has 0 rings (SSSR count). The van der Waals surface area contributed by atoms with E-state index in [0.29, 0.717) is 13.1 Å². The number of carboxylic acids is 1. The molecule has 0 aromatic carbocycles. The van der Waals surface area contributed by atoms with Gasteiger partial charge >= 0.3 is 12.0 Å². The summed E-state index contributed by atoms with van der Waals surface area (Å²) in [6.45, 7) is 7.87. The average molecular weight is 230 g/mol. The van der Waals surface area contributed by atoms with Crippen LogP contribution in [-0.2, 0) is 4.79 Å². The molecule has 16 heavy (non-hydrogen) atoms. The summed E-state index contributed by atoms with van der Waals surface area (Å²) < 4.78 is 0. The Kier molecular flexibility index (Phi) is 6.17. The molecule has 0 aromatic heterocycles. The van der Waals surface area contributed by atoms with Gasteiger partial charge in [-0.2, -0.15) is 0 Å². The van der Waals surface area contributed by atoms with E-state index in [2.05, 4.69) is 11.9 Å². The van der Waals surface area contributed by atoms with Crippen LogP contribution in [-0.4, -0.2) is 52.9 Å². The van der Waals surface area contributed by atoms with Crippen LogP contribution in [0.3, 0.4) is 0 Å². The van der Waals surface area contributed by atoms with E-state index in [9.17, 15) is 9.59 Å². The standard InChI is InChI=1S/C10H18N2O4/c1-4-12(6-7(2)3)10(16)11-5-8(13)9(14)15/h8,13H,2,4-6H2,1,3H3,(H,11,16)(H,14,15). The van der Waals surface area contributed by atoms with Gasteiger partial charge in [0.2, 0.25) is 0 Å². The predicted octanol–water partition coefficient (Wildman–Crippen LogP) is 0.0395. The Labute approximate surface area is 94.6 Å². The van der Waals surface area contributed by atoms with Crippen LogP contribution in [0.5, 0.6) is 0 Å². The molecule has 0 aliphatic carbocycles. The topological polar surface area (TPSA) is 89.9 Å². The zero-order valence-corrected chi connectivity index (χ0v) is 9.56. The normalized spacial score (nSPS) is 11.7. The highest BCUT2D eigenvalue weighted by molar-refractivity contribution is 5.76. The van der Waals surface area contributed by atoms with Crippen molar-refractivity contribution in [3.05, 3.63) is 12.2 Å². The highest BCUT2D eigenvalue weighted by Gasteiger charge is 2.16. The molecular formula is C10H18N2O4. The zero-order valence-electron chi connectivity index (χ0n) is 9.56. The quantitative estimate of drug-likeness (QED) is 0.562. The van der Waals surface area contributed by atoms with Gasteiger partial charge in [-0.05, 0) is 13.8 Å². The third-order valence-electron chi connectivity index (χ3n) is 1.86. The number of rotatable bonds is 6. The molecule has 0 fully saturated rings. The number of nitrogens with one attached hydrogen (secondary N) is 1. The van der Waals surface area contributed by atoms with Crippen LogP contribution in [0.15, 0.2) is 12.2 Å². The molecule has 2 amide bonds. The van der Waals surface area contributed by atoms with Gasteiger partial charge in [0, 0.05) is 13.1 Å². The van der Waals surface area contributed by atoms with E-state index in [-0.39, 0.29) is 6.54 Å². The van der Waals surface area contributed by atoms with E-state index in [1.807, 2.05) is 0 Å². The summed E-state index contributed by atoms with van der Waals surface area (Å²) in [5.41, 5.74) is 0.829. The lowest BCUT2D eigenvalue weighted by Crippen LogP contribution is -2.44. The van der Waals surface area contributed by atoms with E-state index in [1.165, 1.54) is 4.90 Å². The maximum Gasteiger partial charge on any atom is 0.334 e. The number of urea groups is 1. The molecule has 92 valence electrons. The molecule has 0 saturated heterocycles. The summed E-state index contributed by atoms with van der Waals surface area (Å²) >= 11 is 0. The number of aliphatic carboxylic acids is 1. The first kappa shape index (κ1) is 14.4. The number of carbonyl (C=O) groups is 2. The van der Waals surface area contributed by atoms with Gasteiger partial charge in [-0.3, -0.25) is 0 Å². The number of likely N-dealkylation sites (N-methyl/N-ethyl adjacent to an activating group) is 1. The van der Waals surface area contributed by atoms with Crippen LogP contribution >= 0.6 is 0 Å². The monoisotopic (exact) mass is 230 g/mol. The lowest BCUT2D eigenvalue weighted by Gasteiger charge is -2.21. The number of carbonyl (C=O) groups excluding carboxylic acids is 1. The fraction of sp³-hybridized carbons (Fsp3) is 0.600. The SMILES string of the molecule is C=C(C)CN(CC)C(=O)NCC(O)C(=O)O. The highest BCUT2D eigenvalue weighted by atomic mass is 16.4. The van der Waals surface area contributed by atoms with Gasteiger partial charge in [0.1, 0.15) is 0 Å². The number of amides is 2. The van der Waals surface area contributed by atoms with Crippen molar-refractivity contribution in [1.29, 1.82) is 0 Å². The molecule has 0 radical (unpaired) electrons. The largest absolute Gasteiger partial charge is 0.479 e. The van der Waals surface area contributed by atoms with E-state index in [1.54, 1.807) is 13.8 Å². The molecule has 0 heterocycles. The number of carboxylic acid groups (broad SMARTS) is 1. The number of hydrogen-bond acceptors (Lipinski definition) is 3. The highest BCUT2D eigenvalue weighted by Crippen LogP contribution is 1.96. The van der Waals surface area contributed by atoms with Crippen LogP contribution in [0.25, 0.3) is 0 Å². The van der Waals surface area contributed by atoms with Crippen LogP contribution in [0.1, 0.15) is 13.8 Å². The third-order valence-corrected chi connectivity index (χ3v) is 1.86. The Balaban J connectivity index is 4.12. The van der Waals surface area contributed by atoms with Gasteiger partial charge in [0.25, 0.3) is 0 Å². The summed E-state index contributed by atoms with van der Waals surface area (Å²) in [6.07, 6.45) is -1.58. The molecule has 1 atom stereocenters. The Bertz CT molecular complexity index is 278. The second kappa shape index (κ2) is 6.84. The van der Waals surface area contributed by atoms with Gasteiger partial charge in [0.15, 0.2) is 6.10 Å². The van der Waals surface area contributed by atoms with Crippen molar-refractivity contribution in [2.24, 2.45) is 0 Å². The maximum absolute atomic E-state index is 11.5. The van der Waals surface area contributed by atoms with Gasteiger partial charge in [-0.1, -0.05) is 12.2 Å². The fourth-order valence-corrected chi connectivity index (χ4v) is 1.04. The van der Waals surface area contributed by atoms with E-state index >= 15 is 0 Å². The third kappa shape index (κ3) is 5.35. The van der Waals surface area contributed by atoms with Crippen LogP contribution in [0, 0.1) is 0 Å². The van der Waals surface area contributed by atoms with E-state index in [4.69, 9.17) is 10.2 Å². The fourth-order valence-electron chi connectivity index (χ4n) is 1.04. The van der Waals surface area contributed by atoms with Crippen molar-refractivity contribution in [3.63, 3.8) is 0 Å². The smallest absolute Gasteiger partial charge is 0.334 e. The average Bonchev–Trinajstić information content (AvgIpc) is 2.21. The van der Waals surface area contributed by atoms with E-state index in [0.717, 1.165) is 5.57 Å². The minimum absolute atomic E-state index is 0.305. The van der Waals surface area contributed by atoms with Gasteiger partial charge < -0.3 is 20.4 Å². The number of nitrogens with zero attached hydrogens (tertiary/aromatic N) is 1. The lowest BCUT2D eigenvalue weighted by atomic mass is 10.3. The van der Waals surface area contributed by atoms with Gasteiger partial charge in [-0.25, -0.2) is 9.59 Å². The summed E-state index contributed by atoms with van der Waals surface area (Å²) in [7, 11) is 0. The molecular weight excluding hydrogens is 212 g/mol. The molecule has 0 aliphatic rings. The predicted molar refractivity (Wildman–Crippen MR) is 59.1 cm³/mol. The zero-order chi connectivity index (χ0) is 12.7. The molecule has 6 heteroatoms. The Morgan fingerprint density at radius 1 is 1.50 bits per heavy atom. The summed E-state index contributed by atoms with van der Waals surface area (Å²) in [4.78, 5) is 23.3. The minimum Gasteiger partial charge on any atom is -0.479 e. The number of aliphatic hydroxyl groups is 1. The molecule has 1 unspecified atom stereocenters. The van der Waals surface area contributed by atoms with Crippen LogP contribution in [0.2, 0.25) is 0 Å². The van der Waals surface area contributed by atoms with Crippen LogP contribution < -0.4 is 5.32 Å². The molecule has 0 spiro atoms. The molecule has 6 nitrogen and oxygen atoms in total. The summed E-state index contributed by atoms with van der Waals surface area (Å²) in [5, 5.41) is 19.7. The van der Waals surface area contributed by atoms with Crippen molar-refractivity contribution in [1.82, 2.24) is 10.2 Å². The van der Waals surface area contributed by atoms with Crippen molar-refractivity contribution < 1.29 is 19.8 Å². The van der Waals surface area contributed by atoms with Gasteiger partial charge in [0.05, 0.1) is 6.54 Å². The number of aliphatic hydroxyl groups excluding tert-OH is 1. The Morgan fingerprint density at radius 2 is 2.06 bits per heavy atom. The van der Waals surface area contributed by atoms with Crippen molar-refractivity contribution in [2.75, 3.05) is 19.6 Å². The maximum atomic E-state index is 11.5. The molecule has 0 saturated carbocycles. The Hall–Kier alpha value is -1.56. The van der Waals surface area contributed by atoms with Crippen LogP contribution in [0.4, 0.5) is 4.79 Å². The minimum atomic E-state index is -1.58. The Morgan fingerprint density at radius 3 is 2.44 bits per heavy atom. The first-order valence-electron chi connectivity index (χ1n) is 4.96. The second-order valence-electron chi connectivity index (χ2n) is 3.51. The van der Waals surface area contributed by atoms with Crippen molar-refractivity contribution >= 4 is 12.0 Å². The molecule has 3 N–H and O–H groups in total. The first-order chi connectivity index (χ1) is 7.38. The summed E-state index contributed by atoms with van der Waals surface area (Å²) in [6, 6.07) is -0.411. The van der Waals surface area contributed by atoms with Gasteiger partial charge in [-0.15, -0.1) is 0 Å². The summed E-state index contributed by atoms with van der Waals surface area (Å²) in [5.74, 6) is -1.36. The van der Waals surface area contributed by atoms with E-state index < -0.39 is 18.1 Å². The van der Waals surface area contributed by atoms with Crippen molar-refractivity contribution in [3.8, 4) is 0 Å². The first-order valence-corrected chi connectivity index (χ1v) is 4.96.